The van der Waals surface area contributed by atoms with Crippen molar-refractivity contribution < 1.29 is 0 Å². The minimum atomic E-state index is 0.258. The van der Waals surface area contributed by atoms with Crippen LogP contribution in [0.2, 0.25) is 5.15 Å². The number of nitrogens with zero attached hydrogens (tertiary/aromatic N) is 2. The molecule has 0 aliphatic carbocycles. The normalized spacial score (nSPS) is 11.7. The van der Waals surface area contributed by atoms with Crippen molar-refractivity contribution in [3.63, 3.8) is 0 Å². The predicted molar refractivity (Wildman–Crippen MR) is 110 cm³/mol. The smallest absolute Gasteiger partial charge is 0.134 e. The summed E-state index contributed by atoms with van der Waals surface area (Å²) in [5.41, 5.74) is 9.65. The lowest BCUT2D eigenvalue weighted by atomic mass is 10.0. The van der Waals surface area contributed by atoms with Crippen molar-refractivity contribution >= 4 is 29.0 Å². The number of aryl methyl sites for hydroxylation is 1. The van der Waals surface area contributed by atoms with E-state index in [1.807, 2.05) is 30.3 Å². The zero-order valence-electron chi connectivity index (χ0n) is 14.3. The van der Waals surface area contributed by atoms with Gasteiger partial charge in [-0.15, -0.1) is 11.6 Å². The zero-order chi connectivity index (χ0) is 18.4. The molecular formula is C20H20Cl2N4. The predicted octanol–water partition coefficient (Wildman–Crippen LogP) is 4.93. The second-order valence-corrected chi connectivity index (χ2v) is 6.55. The number of aromatic amines is 1. The van der Waals surface area contributed by atoms with Crippen LogP contribution in [0.15, 0.2) is 59.6 Å². The van der Waals surface area contributed by atoms with Crippen molar-refractivity contribution in [2.75, 3.05) is 12.4 Å². The van der Waals surface area contributed by atoms with Gasteiger partial charge in [0, 0.05) is 18.5 Å². The first kappa shape index (κ1) is 18.5. The first-order chi connectivity index (χ1) is 12.7. The summed E-state index contributed by atoms with van der Waals surface area (Å²) in [6, 6.07) is 18.5. The quantitative estimate of drug-likeness (QED) is 0.261. The summed E-state index contributed by atoms with van der Waals surface area (Å²) in [6.45, 7) is 0.621. The highest BCUT2D eigenvalue weighted by Gasteiger charge is 2.11. The van der Waals surface area contributed by atoms with Gasteiger partial charge in [0.2, 0.25) is 0 Å². The van der Waals surface area contributed by atoms with Gasteiger partial charge < -0.3 is 10.7 Å². The van der Waals surface area contributed by atoms with E-state index in [1.165, 1.54) is 0 Å². The fourth-order valence-corrected chi connectivity index (χ4v) is 3.04. The molecule has 26 heavy (non-hydrogen) atoms. The van der Waals surface area contributed by atoms with E-state index in [4.69, 9.17) is 28.9 Å². The molecule has 0 unspecified atom stereocenters. The van der Waals surface area contributed by atoms with Crippen molar-refractivity contribution in [1.82, 2.24) is 9.97 Å². The van der Waals surface area contributed by atoms with E-state index in [2.05, 4.69) is 39.2 Å². The summed E-state index contributed by atoms with van der Waals surface area (Å²) in [6.07, 6.45) is 1.57. The van der Waals surface area contributed by atoms with Crippen LogP contribution in [-0.4, -0.2) is 28.2 Å². The number of hydrogen-bond donors (Lipinski definition) is 2. The molecule has 3 N–H and O–H groups in total. The molecule has 0 bridgehead atoms. The minimum Gasteiger partial charge on any atom is -0.386 e. The molecule has 0 fully saturated rings. The SMILES string of the molecule is NC(CCl)=NCCCc1nc(-c2cccc(-c3ccccc3)c2)c(Cl)[nH]1. The molecule has 0 saturated carbocycles. The van der Waals surface area contributed by atoms with Gasteiger partial charge >= 0.3 is 0 Å². The number of nitrogens with one attached hydrogen (secondary N) is 1. The molecular weight excluding hydrogens is 367 g/mol. The van der Waals surface area contributed by atoms with Gasteiger partial charge in [0.25, 0.3) is 0 Å². The van der Waals surface area contributed by atoms with E-state index in [9.17, 15) is 0 Å². The maximum Gasteiger partial charge on any atom is 0.134 e. The number of imidazole rings is 1. The number of aliphatic imine (C=N–C) groups is 1. The average molecular weight is 387 g/mol. The molecule has 0 atom stereocenters. The highest BCUT2D eigenvalue weighted by Crippen LogP contribution is 2.29. The number of nitrogens with two attached hydrogens (primary N) is 1. The van der Waals surface area contributed by atoms with Crippen molar-refractivity contribution in [3.05, 3.63) is 65.6 Å². The molecule has 0 amide bonds. The topological polar surface area (TPSA) is 67.1 Å². The Morgan fingerprint density at radius 2 is 1.77 bits per heavy atom. The lowest BCUT2D eigenvalue weighted by Crippen LogP contribution is -2.13. The molecule has 1 aromatic heterocycles. The van der Waals surface area contributed by atoms with Crippen molar-refractivity contribution in [2.24, 2.45) is 10.7 Å². The molecule has 3 aromatic rings. The first-order valence-electron chi connectivity index (χ1n) is 8.42. The van der Waals surface area contributed by atoms with E-state index < -0.39 is 0 Å². The van der Waals surface area contributed by atoms with Crippen LogP contribution in [0.25, 0.3) is 22.4 Å². The van der Waals surface area contributed by atoms with Crippen LogP contribution in [0.5, 0.6) is 0 Å². The van der Waals surface area contributed by atoms with Gasteiger partial charge in [0.05, 0.1) is 5.88 Å². The molecule has 0 spiro atoms. The molecule has 134 valence electrons. The number of benzene rings is 2. The standard InChI is InChI=1S/C20H20Cl2N4/c21-13-17(23)24-11-5-10-18-25-19(20(22)26-18)16-9-4-8-15(12-16)14-6-2-1-3-7-14/h1-4,6-9,12H,5,10-11,13H2,(H2,23,24)(H,25,26). The fourth-order valence-electron chi connectivity index (χ4n) is 2.70. The molecule has 0 aliphatic heterocycles. The molecule has 3 rings (SSSR count). The Hall–Kier alpha value is -2.30. The van der Waals surface area contributed by atoms with Gasteiger partial charge in [-0.3, -0.25) is 4.99 Å². The molecule has 0 radical (unpaired) electrons. The van der Waals surface area contributed by atoms with Crippen molar-refractivity contribution in [3.8, 4) is 22.4 Å². The summed E-state index contributed by atoms with van der Waals surface area (Å²) in [4.78, 5) is 12.0. The molecule has 1 heterocycles. The van der Waals surface area contributed by atoms with E-state index in [0.717, 1.165) is 41.1 Å². The third kappa shape index (κ3) is 4.65. The Labute approximate surface area is 163 Å². The van der Waals surface area contributed by atoms with E-state index >= 15 is 0 Å². The monoisotopic (exact) mass is 386 g/mol. The van der Waals surface area contributed by atoms with Crippen LogP contribution in [0.1, 0.15) is 12.2 Å². The van der Waals surface area contributed by atoms with Gasteiger partial charge in [-0.2, -0.15) is 0 Å². The van der Waals surface area contributed by atoms with E-state index in [-0.39, 0.29) is 5.88 Å². The lowest BCUT2D eigenvalue weighted by molar-refractivity contribution is 0.794. The van der Waals surface area contributed by atoms with Gasteiger partial charge in [0.15, 0.2) is 0 Å². The van der Waals surface area contributed by atoms with Crippen LogP contribution in [0.3, 0.4) is 0 Å². The third-order valence-corrected chi connectivity index (χ3v) is 4.52. The van der Waals surface area contributed by atoms with Crippen molar-refractivity contribution in [2.45, 2.75) is 12.8 Å². The number of halogens is 2. The number of amidine groups is 1. The van der Waals surface area contributed by atoms with E-state index in [0.29, 0.717) is 17.5 Å². The van der Waals surface area contributed by atoms with Gasteiger partial charge in [0.1, 0.15) is 22.5 Å². The molecule has 6 heteroatoms. The first-order valence-corrected chi connectivity index (χ1v) is 9.33. The Bertz CT molecular complexity index is 888. The number of aromatic nitrogens is 2. The Morgan fingerprint density at radius 1 is 1.04 bits per heavy atom. The molecule has 4 nitrogen and oxygen atoms in total. The van der Waals surface area contributed by atoms with Crippen LogP contribution >= 0.6 is 23.2 Å². The van der Waals surface area contributed by atoms with Crippen LogP contribution in [0.4, 0.5) is 0 Å². The lowest BCUT2D eigenvalue weighted by Gasteiger charge is -2.04. The van der Waals surface area contributed by atoms with Crippen LogP contribution in [-0.2, 0) is 6.42 Å². The maximum absolute atomic E-state index is 6.38. The second-order valence-electron chi connectivity index (χ2n) is 5.90. The summed E-state index contributed by atoms with van der Waals surface area (Å²) in [7, 11) is 0. The van der Waals surface area contributed by atoms with Crippen molar-refractivity contribution in [1.29, 1.82) is 0 Å². The summed E-state index contributed by atoms with van der Waals surface area (Å²) < 4.78 is 0. The molecule has 0 saturated heterocycles. The van der Waals surface area contributed by atoms with Gasteiger partial charge in [-0.1, -0.05) is 60.1 Å². The molecule has 2 aromatic carbocycles. The van der Waals surface area contributed by atoms with Crippen LogP contribution in [0, 0.1) is 0 Å². The highest BCUT2D eigenvalue weighted by molar-refractivity contribution is 6.32. The average Bonchev–Trinajstić information content (AvgIpc) is 3.06. The second kappa shape index (κ2) is 8.88. The Morgan fingerprint density at radius 3 is 2.54 bits per heavy atom. The van der Waals surface area contributed by atoms with Gasteiger partial charge in [-0.25, -0.2) is 4.98 Å². The minimum absolute atomic E-state index is 0.258. The Balaban J connectivity index is 1.75. The molecule has 0 aliphatic rings. The third-order valence-electron chi connectivity index (χ3n) is 3.98. The van der Waals surface area contributed by atoms with Crippen LogP contribution < -0.4 is 5.73 Å². The number of rotatable bonds is 7. The largest absolute Gasteiger partial charge is 0.386 e. The maximum atomic E-state index is 6.38. The number of alkyl halides is 1. The van der Waals surface area contributed by atoms with E-state index in [1.54, 1.807) is 0 Å². The van der Waals surface area contributed by atoms with Gasteiger partial charge in [-0.05, 0) is 23.6 Å². The Kier molecular flexibility index (Phi) is 6.31. The zero-order valence-corrected chi connectivity index (χ0v) is 15.8. The summed E-state index contributed by atoms with van der Waals surface area (Å²) in [5, 5.41) is 0.550. The summed E-state index contributed by atoms with van der Waals surface area (Å²) >= 11 is 12.0. The number of hydrogen-bond acceptors (Lipinski definition) is 2. The fraction of sp³-hybridized carbons (Fsp3) is 0.200. The summed E-state index contributed by atoms with van der Waals surface area (Å²) in [5.74, 6) is 1.56. The highest BCUT2D eigenvalue weighted by atomic mass is 35.5. The number of H-pyrrole nitrogens is 1.